The number of hydrogen-bond donors (Lipinski definition) is 1. The van der Waals surface area contributed by atoms with Gasteiger partial charge in [-0.2, -0.15) is 12.7 Å². The average molecular weight is 261 g/mol. The highest BCUT2D eigenvalue weighted by Crippen LogP contribution is 2.24. The van der Waals surface area contributed by atoms with Gasteiger partial charge in [-0.05, 0) is 18.8 Å². The minimum absolute atomic E-state index is 0.547. The van der Waals surface area contributed by atoms with E-state index in [1.54, 1.807) is 0 Å². The highest BCUT2D eigenvalue weighted by Gasteiger charge is 2.25. The normalized spacial score (nSPS) is 26.2. The highest BCUT2D eigenvalue weighted by molar-refractivity contribution is 7.86. The van der Waals surface area contributed by atoms with Crippen molar-refractivity contribution in [1.82, 2.24) is 9.21 Å². The van der Waals surface area contributed by atoms with Crippen LogP contribution in [0.15, 0.2) is 0 Å². The lowest BCUT2D eigenvalue weighted by Crippen LogP contribution is -2.51. The van der Waals surface area contributed by atoms with Gasteiger partial charge in [0, 0.05) is 32.7 Å². The van der Waals surface area contributed by atoms with Gasteiger partial charge in [0.25, 0.3) is 10.2 Å². The molecule has 1 aliphatic carbocycles. The summed E-state index contributed by atoms with van der Waals surface area (Å²) >= 11 is 0. The van der Waals surface area contributed by atoms with E-state index in [0.29, 0.717) is 13.1 Å². The van der Waals surface area contributed by atoms with Gasteiger partial charge in [0.05, 0.1) is 0 Å². The molecular weight excluding hydrogens is 238 g/mol. The molecule has 1 aliphatic heterocycles. The molecule has 2 fully saturated rings. The molecule has 5 nitrogen and oxygen atoms in total. The molecule has 0 unspecified atom stereocenters. The van der Waals surface area contributed by atoms with Crippen LogP contribution in [0, 0.1) is 5.92 Å². The van der Waals surface area contributed by atoms with Gasteiger partial charge in [0.15, 0.2) is 0 Å². The Hall–Kier alpha value is -0.170. The summed E-state index contributed by atoms with van der Waals surface area (Å²) in [4.78, 5) is 2.39. The van der Waals surface area contributed by atoms with Crippen molar-refractivity contribution in [3.05, 3.63) is 0 Å². The van der Waals surface area contributed by atoms with E-state index in [4.69, 9.17) is 5.14 Å². The van der Waals surface area contributed by atoms with Gasteiger partial charge in [-0.25, -0.2) is 5.14 Å². The maximum absolute atomic E-state index is 11.2. The van der Waals surface area contributed by atoms with Crippen molar-refractivity contribution >= 4 is 10.2 Å². The van der Waals surface area contributed by atoms with Crippen LogP contribution in [-0.2, 0) is 10.2 Å². The number of nitrogens with two attached hydrogens (primary N) is 1. The lowest BCUT2D eigenvalue weighted by molar-refractivity contribution is 0.150. The molecule has 2 rings (SSSR count). The van der Waals surface area contributed by atoms with Gasteiger partial charge in [-0.1, -0.05) is 19.3 Å². The topological polar surface area (TPSA) is 66.6 Å². The number of piperazine rings is 1. The Morgan fingerprint density at radius 1 is 1.00 bits per heavy atom. The van der Waals surface area contributed by atoms with E-state index in [1.165, 1.54) is 36.4 Å². The molecule has 0 aromatic carbocycles. The van der Waals surface area contributed by atoms with E-state index in [9.17, 15) is 8.42 Å². The molecule has 6 heteroatoms. The largest absolute Gasteiger partial charge is 0.300 e. The quantitative estimate of drug-likeness (QED) is 0.799. The van der Waals surface area contributed by atoms with Crippen LogP contribution >= 0.6 is 0 Å². The number of rotatable bonds is 3. The first-order valence-electron chi connectivity index (χ1n) is 6.56. The van der Waals surface area contributed by atoms with Gasteiger partial charge >= 0.3 is 0 Å². The van der Waals surface area contributed by atoms with Gasteiger partial charge < -0.3 is 4.90 Å². The molecule has 100 valence electrons. The Balaban J connectivity index is 1.75. The molecule has 0 spiro atoms. The molecule has 1 saturated heterocycles. The first-order chi connectivity index (χ1) is 8.05. The molecule has 2 aliphatic rings. The van der Waals surface area contributed by atoms with Crippen LogP contribution in [0.25, 0.3) is 0 Å². The monoisotopic (exact) mass is 261 g/mol. The van der Waals surface area contributed by atoms with E-state index in [2.05, 4.69) is 4.90 Å². The third kappa shape index (κ3) is 3.91. The summed E-state index contributed by atoms with van der Waals surface area (Å²) < 4.78 is 23.7. The molecule has 0 radical (unpaired) electrons. The lowest BCUT2D eigenvalue weighted by atomic mass is 9.89. The molecule has 1 saturated carbocycles. The fourth-order valence-electron chi connectivity index (χ4n) is 2.90. The zero-order valence-corrected chi connectivity index (χ0v) is 11.2. The van der Waals surface area contributed by atoms with Crippen molar-refractivity contribution in [2.24, 2.45) is 11.1 Å². The molecule has 0 amide bonds. The van der Waals surface area contributed by atoms with Crippen LogP contribution in [0.1, 0.15) is 32.1 Å². The van der Waals surface area contributed by atoms with Crippen molar-refractivity contribution in [3.8, 4) is 0 Å². The Morgan fingerprint density at radius 3 is 2.12 bits per heavy atom. The molecule has 1 heterocycles. The van der Waals surface area contributed by atoms with Crippen molar-refractivity contribution in [2.75, 3.05) is 32.7 Å². The van der Waals surface area contributed by atoms with Gasteiger partial charge in [0.1, 0.15) is 0 Å². The summed E-state index contributed by atoms with van der Waals surface area (Å²) in [6.07, 6.45) is 6.80. The molecule has 0 aromatic heterocycles. The van der Waals surface area contributed by atoms with Crippen molar-refractivity contribution < 1.29 is 8.42 Å². The minimum Gasteiger partial charge on any atom is -0.300 e. The maximum atomic E-state index is 11.2. The molecular formula is C11H23N3O2S. The lowest BCUT2D eigenvalue weighted by Gasteiger charge is -2.35. The van der Waals surface area contributed by atoms with Gasteiger partial charge in [-0.15, -0.1) is 0 Å². The van der Waals surface area contributed by atoms with Gasteiger partial charge in [-0.3, -0.25) is 0 Å². The van der Waals surface area contributed by atoms with Crippen molar-refractivity contribution in [3.63, 3.8) is 0 Å². The van der Waals surface area contributed by atoms with Crippen LogP contribution in [-0.4, -0.2) is 50.3 Å². The zero-order valence-electron chi connectivity index (χ0n) is 10.3. The predicted molar refractivity (Wildman–Crippen MR) is 67.7 cm³/mol. The second kappa shape index (κ2) is 5.65. The standard InChI is InChI=1S/C11H23N3O2S/c12-17(15,16)14-8-6-13(7-9-14)10-11-4-2-1-3-5-11/h11H,1-10H2,(H2,12,15,16). The third-order valence-corrected chi connectivity index (χ3v) is 5.02. The Kier molecular flexibility index (Phi) is 4.41. The Morgan fingerprint density at radius 2 is 1.59 bits per heavy atom. The summed E-state index contributed by atoms with van der Waals surface area (Å²) in [6, 6.07) is 0. The van der Waals surface area contributed by atoms with E-state index >= 15 is 0 Å². The van der Waals surface area contributed by atoms with Crippen LogP contribution in [0.4, 0.5) is 0 Å². The van der Waals surface area contributed by atoms with Gasteiger partial charge in [0.2, 0.25) is 0 Å². The zero-order chi connectivity index (χ0) is 12.3. The summed E-state index contributed by atoms with van der Waals surface area (Å²) in [5, 5.41) is 5.12. The number of nitrogens with zero attached hydrogens (tertiary/aromatic N) is 2. The fraction of sp³-hybridized carbons (Fsp3) is 1.00. The van der Waals surface area contributed by atoms with E-state index in [1.807, 2.05) is 0 Å². The summed E-state index contributed by atoms with van der Waals surface area (Å²) in [7, 11) is -3.48. The molecule has 0 bridgehead atoms. The van der Waals surface area contributed by atoms with E-state index in [0.717, 1.165) is 25.6 Å². The van der Waals surface area contributed by atoms with Crippen LogP contribution in [0.5, 0.6) is 0 Å². The number of hydrogen-bond acceptors (Lipinski definition) is 3. The van der Waals surface area contributed by atoms with Crippen LogP contribution < -0.4 is 5.14 Å². The summed E-state index contributed by atoms with van der Waals surface area (Å²) in [5.41, 5.74) is 0. The third-order valence-electron chi connectivity index (χ3n) is 3.93. The van der Waals surface area contributed by atoms with Crippen molar-refractivity contribution in [2.45, 2.75) is 32.1 Å². The average Bonchev–Trinajstić information content (AvgIpc) is 2.30. The Labute approximate surface area is 104 Å². The fourth-order valence-corrected chi connectivity index (χ4v) is 3.57. The first-order valence-corrected chi connectivity index (χ1v) is 8.06. The SMILES string of the molecule is NS(=O)(=O)N1CCN(CC2CCCCC2)CC1. The van der Waals surface area contributed by atoms with Crippen molar-refractivity contribution in [1.29, 1.82) is 0 Å². The molecule has 17 heavy (non-hydrogen) atoms. The summed E-state index contributed by atoms with van der Waals surface area (Å²) in [6.45, 7) is 3.88. The summed E-state index contributed by atoms with van der Waals surface area (Å²) in [5.74, 6) is 0.824. The molecule has 0 aromatic rings. The van der Waals surface area contributed by atoms with E-state index < -0.39 is 10.2 Å². The second-order valence-corrected chi connectivity index (χ2v) is 6.79. The maximum Gasteiger partial charge on any atom is 0.276 e. The predicted octanol–water partition coefficient (Wildman–Crippen LogP) is 0.388. The van der Waals surface area contributed by atoms with Crippen LogP contribution in [0.3, 0.4) is 0 Å². The minimum atomic E-state index is -3.48. The van der Waals surface area contributed by atoms with Crippen LogP contribution in [0.2, 0.25) is 0 Å². The first kappa shape index (κ1) is 13.3. The molecule has 0 atom stereocenters. The molecule has 2 N–H and O–H groups in total. The highest BCUT2D eigenvalue weighted by atomic mass is 32.2. The second-order valence-electron chi connectivity index (χ2n) is 5.25. The smallest absolute Gasteiger partial charge is 0.276 e. The van der Waals surface area contributed by atoms with E-state index in [-0.39, 0.29) is 0 Å². The Bertz CT molecular complexity index is 331.